The molecule has 0 saturated carbocycles. The van der Waals surface area contributed by atoms with Gasteiger partial charge < -0.3 is 5.32 Å². The highest BCUT2D eigenvalue weighted by molar-refractivity contribution is 8.00. The first-order valence-electron chi connectivity index (χ1n) is 5.08. The minimum absolute atomic E-state index is 1.02. The second kappa shape index (κ2) is 7.01. The summed E-state index contributed by atoms with van der Waals surface area (Å²) in [5, 5.41) is 5.55. The average Bonchev–Trinajstić information content (AvgIpc) is 2.96. The highest BCUT2D eigenvalue weighted by atomic mass is 32.2. The van der Waals surface area contributed by atoms with E-state index in [0.29, 0.717) is 0 Å². The molecule has 0 fully saturated rings. The van der Waals surface area contributed by atoms with Gasteiger partial charge in [-0.1, -0.05) is 17.8 Å². The first-order valence-corrected chi connectivity index (χ1v) is 7.71. The van der Waals surface area contributed by atoms with Crippen molar-refractivity contribution in [1.82, 2.24) is 14.7 Å². The van der Waals surface area contributed by atoms with E-state index in [4.69, 9.17) is 0 Å². The highest BCUT2D eigenvalue weighted by Crippen LogP contribution is 2.16. The molecule has 0 aliphatic carbocycles. The van der Waals surface area contributed by atoms with Crippen molar-refractivity contribution in [1.29, 1.82) is 0 Å². The first kappa shape index (κ1) is 12.0. The summed E-state index contributed by atoms with van der Waals surface area (Å²) in [7, 11) is 0. The second-order valence-electron chi connectivity index (χ2n) is 3.13. The molecule has 0 spiro atoms. The smallest absolute Gasteiger partial charge is 0.169 e. The van der Waals surface area contributed by atoms with Crippen LogP contribution < -0.4 is 5.32 Å². The summed E-state index contributed by atoms with van der Waals surface area (Å²) in [6.07, 6.45) is 2.73. The van der Waals surface area contributed by atoms with Crippen molar-refractivity contribution >= 4 is 34.6 Å². The zero-order valence-corrected chi connectivity index (χ0v) is 11.2. The summed E-state index contributed by atoms with van der Waals surface area (Å²) >= 11 is 5.04. The van der Waals surface area contributed by atoms with Crippen molar-refractivity contribution in [2.45, 2.75) is 10.8 Å². The van der Waals surface area contributed by atoms with Crippen LogP contribution in [-0.4, -0.2) is 28.2 Å². The molecule has 3 nitrogen and oxygen atoms in total. The molecule has 0 amide bonds. The maximum Gasteiger partial charge on any atom is 0.169 e. The fraction of sp³-hybridized carbons (Fsp3) is 0.400. The van der Waals surface area contributed by atoms with Gasteiger partial charge >= 0.3 is 0 Å². The monoisotopic (exact) mass is 271 g/mol. The van der Waals surface area contributed by atoms with E-state index in [1.54, 1.807) is 18.1 Å². The van der Waals surface area contributed by atoms with Crippen LogP contribution in [0.3, 0.4) is 0 Å². The summed E-state index contributed by atoms with van der Waals surface area (Å²) in [4.78, 5) is 5.57. The number of hydrogen-bond acceptors (Lipinski definition) is 6. The van der Waals surface area contributed by atoms with Crippen molar-refractivity contribution in [3.05, 3.63) is 28.7 Å². The summed E-state index contributed by atoms with van der Waals surface area (Å²) in [6, 6.07) is 4.29. The molecule has 2 aromatic rings. The molecule has 0 atom stereocenters. The van der Waals surface area contributed by atoms with Crippen molar-refractivity contribution in [2.24, 2.45) is 0 Å². The van der Waals surface area contributed by atoms with Gasteiger partial charge in [-0.25, -0.2) is 4.98 Å². The molecule has 0 unspecified atom stereocenters. The molecule has 0 aromatic carbocycles. The van der Waals surface area contributed by atoms with Gasteiger partial charge in [0.15, 0.2) is 4.34 Å². The Labute approximate surface area is 107 Å². The predicted molar refractivity (Wildman–Crippen MR) is 71.5 cm³/mol. The Morgan fingerprint density at radius 3 is 3.12 bits per heavy atom. The third-order valence-corrected chi connectivity index (χ3v) is 4.71. The number of nitrogens with one attached hydrogen (secondary N) is 1. The minimum Gasteiger partial charge on any atom is -0.316 e. The molecule has 0 bridgehead atoms. The lowest BCUT2D eigenvalue weighted by atomic mass is 10.3. The number of aromatic nitrogens is 2. The molecular formula is C10H13N3S3. The maximum atomic E-state index is 4.12. The van der Waals surface area contributed by atoms with E-state index in [1.165, 1.54) is 16.4 Å². The van der Waals surface area contributed by atoms with Crippen LogP contribution in [0.4, 0.5) is 0 Å². The van der Waals surface area contributed by atoms with Crippen LogP contribution in [0.15, 0.2) is 28.2 Å². The number of rotatable bonds is 7. The zero-order valence-electron chi connectivity index (χ0n) is 8.76. The Morgan fingerprint density at radius 2 is 2.38 bits per heavy atom. The van der Waals surface area contributed by atoms with Crippen LogP contribution in [0.25, 0.3) is 0 Å². The standard InChI is InChI=1S/C10H13N3S3/c1-2-9(14-6-1)3-4-11-5-7-15-10-12-8-13-16-10/h1-2,6,8,11H,3-5,7H2. The summed E-state index contributed by atoms with van der Waals surface area (Å²) < 4.78 is 5.02. The Bertz CT molecular complexity index is 334. The van der Waals surface area contributed by atoms with E-state index in [0.717, 1.165) is 29.6 Å². The fourth-order valence-corrected chi connectivity index (χ4v) is 3.35. The third-order valence-electron chi connectivity index (χ3n) is 1.97. The van der Waals surface area contributed by atoms with Gasteiger partial charge in [-0.3, -0.25) is 0 Å². The normalized spacial score (nSPS) is 10.8. The molecule has 16 heavy (non-hydrogen) atoms. The Morgan fingerprint density at radius 1 is 1.38 bits per heavy atom. The number of hydrogen-bond donors (Lipinski definition) is 1. The van der Waals surface area contributed by atoms with Gasteiger partial charge in [0.1, 0.15) is 6.33 Å². The van der Waals surface area contributed by atoms with Crippen LogP contribution in [0.1, 0.15) is 4.88 Å². The topological polar surface area (TPSA) is 37.8 Å². The molecule has 6 heteroatoms. The Hall–Kier alpha value is -0.430. The van der Waals surface area contributed by atoms with Crippen molar-refractivity contribution in [2.75, 3.05) is 18.8 Å². The van der Waals surface area contributed by atoms with Crippen molar-refractivity contribution < 1.29 is 0 Å². The van der Waals surface area contributed by atoms with E-state index in [1.807, 2.05) is 11.3 Å². The van der Waals surface area contributed by atoms with Gasteiger partial charge in [-0.2, -0.15) is 4.37 Å². The van der Waals surface area contributed by atoms with Crippen LogP contribution in [0, 0.1) is 0 Å². The Balaban J connectivity index is 1.49. The van der Waals surface area contributed by atoms with E-state index < -0.39 is 0 Å². The van der Waals surface area contributed by atoms with E-state index in [2.05, 4.69) is 32.2 Å². The van der Waals surface area contributed by atoms with Gasteiger partial charge in [-0.15, -0.1) is 11.3 Å². The van der Waals surface area contributed by atoms with Crippen molar-refractivity contribution in [3.63, 3.8) is 0 Å². The van der Waals surface area contributed by atoms with E-state index in [9.17, 15) is 0 Å². The highest BCUT2D eigenvalue weighted by Gasteiger charge is 1.97. The van der Waals surface area contributed by atoms with E-state index in [-0.39, 0.29) is 0 Å². The molecule has 0 aliphatic heterocycles. The Kier molecular flexibility index (Phi) is 5.27. The first-order chi connectivity index (χ1) is 7.95. The molecular weight excluding hydrogens is 258 g/mol. The molecule has 0 radical (unpaired) electrons. The lowest BCUT2D eigenvalue weighted by Gasteiger charge is -2.01. The molecule has 0 aliphatic rings. The van der Waals surface area contributed by atoms with Crippen molar-refractivity contribution in [3.8, 4) is 0 Å². The summed E-state index contributed by atoms with van der Waals surface area (Å²) in [6.45, 7) is 2.08. The fourth-order valence-electron chi connectivity index (χ4n) is 1.23. The summed E-state index contributed by atoms with van der Waals surface area (Å²) in [5.74, 6) is 1.06. The van der Waals surface area contributed by atoms with Gasteiger partial charge in [0, 0.05) is 17.2 Å². The van der Waals surface area contributed by atoms with Gasteiger partial charge in [0.2, 0.25) is 0 Å². The molecule has 2 rings (SSSR count). The van der Waals surface area contributed by atoms with Gasteiger partial charge in [0.05, 0.1) is 0 Å². The molecule has 2 aromatic heterocycles. The maximum absolute atomic E-state index is 4.12. The van der Waals surface area contributed by atoms with E-state index >= 15 is 0 Å². The van der Waals surface area contributed by atoms with Crippen LogP contribution in [-0.2, 0) is 6.42 Å². The van der Waals surface area contributed by atoms with Crippen LogP contribution in [0.5, 0.6) is 0 Å². The lowest BCUT2D eigenvalue weighted by molar-refractivity contribution is 0.725. The van der Waals surface area contributed by atoms with Crippen LogP contribution >= 0.6 is 34.6 Å². The largest absolute Gasteiger partial charge is 0.316 e. The molecule has 0 saturated heterocycles. The number of thiophene rings is 1. The molecule has 2 heterocycles. The second-order valence-corrected chi connectivity index (χ2v) is 6.29. The number of thioether (sulfide) groups is 1. The quantitative estimate of drug-likeness (QED) is 0.620. The van der Waals surface area contributed by atoms with Gasteiger partial charge in [-0.05, 0) is 35.9 Å². The average molecular weight is 271 g/mol. The lowest BCUT2D eigenvalue weighted by Crippen LogP contribution is -2.19. The summed E-state index contributed by atoms with van der Waals surface area (Å²) in [5.41, 5.74) is 0. The third kappa shape index (κ3) is 4.21. The number of nitrogens with zero attached hydrogens (tertiary/aromatic N) is 2. The SMILES string of the molecule is c1csc(CCNCCSc2ncns2)c1. The van der Waals surface area contributed by atoms with Gasteiger partial charge in [0.25, 0.3) is 0 Å². The molecule has 1 N–H and O–H groups in total. The molecule has 86 valence electrons. The predicted octanol–water partition coefficient (Wildman–Crippen LogP) is 2.52. The van der Waals surface area contributed by atoms with Crippen LogP contribution in [0.2, 0.25) is 0 Å². The zero-order chi connectivity index (χ0) is 11.1. The minimum atomic E-state index is 1.02.